The molecule has 0 unspecified atom stereocenters. The smallest absolute Gasteiger partial charge is 0.311 e. The number of nitrogens with one attached hydrogen (secondary N) is 1. The Labute approximate surface area is 142 Å². The van der Waals surface area contributed by atoms with E-state index in [-0.39, 0.29) is 17.9 Å². The lowest BCUT2D eigenvalue weighted by atomic mass is 10.0. The summed E-state index contributed by atoms with van der Waals surface area (Å²) in [5, 5.41) is 3.70. The zero-order valence-corrected chi connectivity index (χ0v) is 15.1. The predicted molar refractivity (Wildman–Crippen MR) is 92.8 cm³/mol. The van der Waals surface area contributed by atoms with Crippen molar-refractivity contribution >= 4 is 22.8 Å². The number of esters is 1. The highest BCUT2D eigenvalue weighted by Crippen LogP contribution is 2.27. The van der Waals surface area contributed by atoms with Gasteiger partial charge in [0.1, 0.15) is 5.58 Å². The first-order chi connectivity index (χ1) is 11.1. The fourth-order valence-corrected chi connectivity index (χ4v) is 2.44. The van der Waals surface area contributed by atoms with Crippen molar-refractivity contribution in [1.82, 2.24) is 5.32 Å². The van der Waals surface area contributed by atoms with Gasteiger partial charge in [-0.2, -0.15) is 0 Å². The first kappa shape index (κ1) is 18.0. The fourth-order valence-electron chi connectivity index (χ4n) is 2.44. The molecule has 1 atom stereocenters. The van der Waals surface area contributed by atoms with Crippen LogP contribution in [0.25, 0.3) is 11.0 Å². The minimum absolute atomic E-state index is 0.0721. The minimum atomic E-state index is -0.834. The Morgan fingerprint density at radius 3 is 2.54 bits per heavy atom. The van der Waals surface area contributed by atoms with Gasteiger partial charge in [0.15, 0.2) is 6.10 Å². The molecule has 1 aromatic heterocycles. The number of benzene rings is 1. The maximum Gasteiger partial charge on any atom is 0.311 e. The monoisotopic (exact) mass is 331 g/mol. The number of rotatable bonds is 4. The SMILES string of the molecule is Cc1ccc2c(CC(=O)O[C@H](C)C(=O)NC(C)(C)C)coc2c1C. The highest BCUT2D eigenvalue weighted by molar-refractivity contribution is 5.89. The summed E-state index contributed by atoms with van der Waals surface area (Å²) in [5.41, 5.74) is 3.38. The molecule has 2 aromatic rings. The van der Waals surface area contributed by atoms with Crippen LogP contribution >= 0.6 is 0 Å². The summed E-state index contributed by atoms with van der Waals surface area (Å²) in [4.78, 5) is 24.1. The lowest BCUT2D eigenvalue weighted by Crippen LogP contribution is -2.46. The zero-order valence-electron chi connectivity index (χ0n) is 15.1. The molecule has 1 N–H and O–H groups in total. The van der Waals surface area contributed by atoms with Crippen molar-refractivity contribution in [3.8, 4) is 0 Å². The average Bonchev–Trinajstić information content (AvgIpc) is 2.84. The van der Waals surface area contributed by atoms with E-state index in [9.17, 15) is 9.59 Å². The van der Waals surface area contributed by atoms with Gasteiger partial charge in [-0.3, -0.25) is 9.59 Å². The minimum Gasteiger partial charge on any atom is -0.464 e. The van der Waals surface area contributed by atoms with E-state index >= 15 is 0 Å². The van der Waals surface area contributed by atoms with E-state index in [4.69, 9.17) is 9.15 Å². The second kappa shape index (κ2) is 6.67. The summed E-state index contributed by atoms with van der Waals surface area (Å²) < 4.78 is 10.8. The average molecular weight is 331 g/mol. The Balaban J connectivity index is 2.05. The van der Waals surface area contributed by atoms with Gasteiger partial charge in [-0.25, -0.2) is 0 Å². The number of amides is 1. The molecule has 0 aliphatic heterocycles. The quantitative estimate of drug-likeness (QED) is 0.872. The Hall–Kier alpha value is -2.30. The van der Waals surface area contributed by atoms with Gasteiger partial charge in [0.25, 0.3) is 5.91 Å². The van der Waals surface area contributed by atoms with Crippen molar-refractivity contribution in [2.45, 2.75) is 59.6 Å². The summed E-state index contributed by atoms with van der Waals surface area (Å²) in [7, 11) is 0. The number of aryl methyl sites for hydroxylation is 2. The van der Waals surface area contributed by atoms with Gasteiger partial charge in [0.2, 0.25) is 0 Å². The zero-order chi connectivity index (χ0) is 18.1. The Morgan fingerprint density at radius 1 is 1.25 bits per heavy atom. The van der Waals surface area contributed by atoms with Crippen molar-refractivity contribution < 1.29 is 18.7 Å². The topological polar surface area (TPSA) is 68.5 Å². The summed E-state index contributed by atoms with van der Waals surface area (Å²) in [5.74, 6) is -0.758. The number of carbonyl (C=O) groups excluding carboxylic acids is 2. The first-order valence-corrected chi connectivity index (χ1v) is 8.06. The van der Waals surface area contributed by atoms with Crippen LogP contribution in [0.3, 0.4) is 0 Å². The van der Waals surface area contributed by atoms with E-state index in [2.05, 4.69) is 5.32 Å². The molecule has 1 aromatic carbocycles. The van der Waals surface area contributed by atoms with Crippen molar-refractivity contribution in [3.05, 3.63) is 35.1 Å². The van der Waals surface area contributed by atoms with Crippen LogP contribution in [0.4, 0.5) is 0 Å². The van der Waals surface area contributed by atoms with E-state index in [1.807, 2.05) is 46.8 Å². The maximum absolute atomic E-state index is 12.1. The van der Waals surface area contributed by atoms with Gasteiger partial charge in [0.05, 0.1) is 12.7 Å². The molecule has 5 nitrogen and oxygen atoms in total. The predicted octanol–water partition coefficient (Wildman–Crippen LogP) is 3.44. The molecule has 24 heavy (non-hydrogen) atoms. The van der Waals surface area contributed by atoms with Crippen molar-refractivity contribution in [1.29, 1.82) is 0 Å². The van der Waals surface area contributed by atoms with Gasteiger partial charge >= 0.3 is 5.97 Å². The number of fused-ring (bicyclic) bond motifs is 1. The van der Waals surface area contributed by atoms with E-state index in [1.54, 1.807) is 13.2 Å². The molecule has 0 bridgehead atoms. The molecule has 0 spiro atoms. The molecule has 0 saturated heterocycles. The van der Waals surface area contributed by atoms with Gasteiger partial charge in [-0.15, -0.1) is 0 Å². The summed E-state index contributed by atoms with van der Waals surface area (Å²) in [6, 6.07) is 3.95. The summed E-state index contributed by atoms with van der Waals surface area (Å²) >= 11 is 0. The van der Waals surface area contributed by atoms with Crippen molar-refractivity contribution in [3.63, 3.8) is 0 Å². The Bertz CT molecular complexity index is 768. The molecule has 0 fully saturated rings. The number of hydrogen-bond donors (Lipinski definition) is 1. The van der Waals surface area contributed by atoms with E-state index in [1.165, 1.54) is 0 Å². The molecule has 0 radical (unpaired) electrons. The molecule has 1 amide bonds. The van der Waals surface area contributed by atoms with E-state index < -0.39 is 12.1 Å². The molecular weight excluding hydrogens is 306 g/mol. The molecule has 130 valence electrons. The van der Waals surface area contributed by atoms with Crippen LogP contribution in [0.2, 0.25) is 0 Å². The second-order valence-electron chi connectivity index (χ2n) is 7.19. The number of carbonyl (C=O) groups is 2. The van der Waals surface area contributed by atoms with Crippen LogP contribution in [-0.2, 0) is 20.7 Å². The molecular formula is C19H25NO4. The van der Waals surface area contributed by atoms with Crippen LogP contribution < -0.4 is 5.32 Å². The van der Waals surface area contributed by atoms with Crippen LogP contribution in [0.1, 0.15) is 44.4 Å². The molecule has 0 aliphatic rings. The summed E-state index contributed by atoms with van der Waals surface area (Å²) in [6.07, 6.45) is 0.819. The van der Waals surface area contributed by atoms with Crippen LogP contribution in [0, 0.1) is 13.8 Å². The third kappa shape index (κ3) is 4.16. The second-order valence-corrected chi connectivity index (χ2v) is 7.19. The van der Waals surface area contributed by atoms with Gasteiger partial charge < -0.3 is 14.5 Å². The number of furan rings is 1. The number of hydrogen-bond acceptors (Lipinski definition) is 4. The Kier molecular flexibility index (Phi) is 5.02. The highest BCUT2D eigenvalue weighted by Gasteiger charge is 2.23. The first-order valence-electron chi connectivity index (χ1n) is 8.06. The largest absolute Gasteiger partial charge is 0.464 e. The van der Waals surface area contributed by atoms with Crippen LogP contribution in [0.5, 0.6) is 0 Å². The van der Waals surface area contributed by atoms with Crippen LogP contribution in [0.15, 0.2) is 22.8 Å². The normalized spacial score (nSPS) is 12.9. The lowest BCUT2D eigenvalue weighted by molar-refractivity contribution is -0.154. The highest BCUT2D eigenvalue weighted by atomic mass is 16.5. The maximum atomic E-state index is 12.1. The molecule has 5 heteroatoms. The fraction of sp³-hybridized carbons (Fsp3) is 0.474. The van der Waals surface area contributed by atoms with Gasteiger partial charge in [-0.1, -0.05) is 12.1 Å². The third-order valence-electron chi connectivity index (χ3n) is 3.85. The Morgan fingerprint density at radius 2 is 1.92 bits per heavy atom. The third-order valence-corrected chi connectivity index (χ3v) is 3.85. The van der Waals surface area contributed by atoms with E-state index in [0.29, 0.717) is 0 Å². The summed E-state index contributed by atoms with van der Waals surface area (Å²) in [6.45, 7) is 11.2. The van der Waals surface area contributed by atoms with Crippen LogP contribution in [-0.4, -0.2) is 23.5 Å². The molecule has 1 heterocycles. The molecule has 2 rings (SSSR count). The molecule has 0 saturated carbocycles. The van der Waals surface area contributed by atoms with E-state index in [0.717, 1.165) is 27.7 Å². The standard InChI is InChI=1S/C19H25NO4/c1-11-7-8-15-14(10-23-17(15)12(11)2)9-16(21)24-13(3)18(22)20-19(4,5)6/h7-8,10,13H,9H2,1-6H3,(H,20,22)/t13-/m1/s1. The molecule has 0 aliphatic carbocycles. The number of ether oxygens (including phenoxy) is 1. The lowest BCUT2D eigenvalue weighted by Gasteiger charge is -2.23. The van der Waals surface area contributed by atoms with Crippen molar-refractivity contribution in [2.24, 2.45) is 0 Å². The van der Waals surface area contributed by atoms with Gasteiger partial charge in [-0.05, 0) is 52.7 Å². The van der Waals surface area contributed by atoms with Crippen molar-refractivity contribution in [2.75, 3.05) is 0 Å². The van der Waals surface area contributed by atoms with Gasteiger partial charge in [0, 0.05) is 16.5 Å².